The molecular formula is C24H29FN2O3. The summed E-state index contributed by atoms with van der Waals surface area (Å²) >= 11 is 0. The average Bonchev–Trinajstić information content (AvgIpc) is 3.06. The van der Waals surface area contributed by atoms with Crippen LogP contribution in [0.5, 0.6) is 11.5 Å². The van der Waals surface area contributed by atoms with Crippen molar-refractivity contribution in [2.24, 2.45) is 16.7 Å². The van der Waals surface area contributed by atoms with Crippen molar-refractivity contribution in [3.63, 3.8) is 0 Å². The number of benzene rings is 1. The quantitative estimate of drug-likeness (QED) is 0.572. The lowest BCUT2D eigenvalue weighted by Crippen LogP contribution is -2.31. The van der Waals surface area contributed by atoms with E-state index < -0.39 is 11.7 Å². The lowest BCUT2D eigenvalue weighted by molar-refractivity contribution is 0.0928. The number of carbonyl (C=O) groups excluding carboxylic acids is 1. The lowest BCUT2D eigenvalue weighted by atomic mass is 9.71. The van der Waals surface area contributed by atoms with Crippen LogP contribution in [-0.4, -0.2) is 47.5 Å². The van der Waals surface area contributed by atoms with Gasteiger partial charge in [-0.3, -0.25) is 9.69 Å². The second kappa shape index (κ2) is 7.65. The molecule has 2 aromatic rings. The number of fused-ring (bicyclic) bond motifs is 1. The van der Waals surface area contributed by atoms with Crippen LogP contribution in [0.25, 0.3) is 0 Å². The number of nitrogens with zero attached hydrogens (tertiary/aromatic N) is 2. The Hall–Kier alpha value is -2.47. The number of ketones is 1. The first-order chi connectivity index (χ1) is 14.2. The molecule has 2 heterocycles. The van der Waals surface area contributed by atoms with Crippen LogP contribution in [0.1, 0.15) is 42.7 Å². The first-order valence-electron chi connectivity index (χ1n) is 10.5. The molecule has 2 atom stereocenters. The van der Waals surface area contributed by atoms with Crippen LogP contribution in [0.2, 0.25) is 0 Å². The standard InChI is InChI=1S/C24H29FN2O3/c1-23-11-17(9-16-5-4-6-18(10-16)30-3)12-24(23,2)15-27(14-23)13-21(29)19-7-8-20(28)22(25)26-19/h4-8,10,17,28H,9,11-15H2,1-3H3. The van der Waals surface area contributed by atoms with Crippen LogP contribution in [0.15, 0.2) is 36.4 Å². The molecule has 2 aliphatic rings. The van der Waals surface area contributed by atoms with E-state index in [1.54, 1.807) is 7.11 Å². The SMILES string of the molecule is COc1cccc(CC2CC3(C)CN(CC(=O)c4ccc(O)c(F)n4)CC3(C)C2)c1. The summed E-state index contributed by atoms with van der Waals surface area (Å²) in [5, 5.41) is 9.28. The molecule has 1 aromatic heterocycles. The maximum atomic E-state index is 13.5. The Balaban J connectivity index is 1.40. The Morgan fingerprint density at radius 2 is 1.93 bits per heavy atom. The van der Waals surface area contributed by atoms with Crippen molar-refractivity contribution in [1.82, 2.24) is 9.88 Å². The van der Waals surface area contributed by atoms with Gasteiger partial charge < -0.3 is 9.84 Å². The third-order valence-electron chi connectivity index (χ3n) is 7.22. The number of hydrogen-bond donors (Lipinski definition) is 1. The van der Waals surface area contributed by atoms with Gasteiger partial charge in [-0.1, -0.05) is 26.0 Å². The third-order valence-corrected chi connectivity index (χ3v) is 7.22. The van der Waals surface area contributed by atoms with Crippen molar-refractivity contribution in [3.05, 3.63) is 53.6 Å². The highest BCUT2D eigenvalue weighted by Crippen LogP contribution is 2.59. The molecule has 1 aromatic carbocycles. The fourth-order valence-electron chi connectivity index (χ4n) is 5.65. The van der Waals surface area contributed by atoms with Gasteiger partial charge in [0.2, 0.25) is 0 Å². The summed E-state index contributed by atoms with van der Waals surface area (Å²) in [6.45, 7) is 6.60. The van der Waals surface area contributed by atoms with E-state index in [9.17, 15) is 14.3 Å². The highest BCUT2D eigenvalue weighted by molar-refractivity contribution is 5.95. The minimum atomic E-state index is -1.00. The fraction of sp³-hybridized carbons (Fsp3) is 0.500. The van der Waals surface area contributed by atoms with Gasteiger partial charge >= 0.3 is 0 Å². The van der Waals surface area contributed by atoms with Crippen molar-refractivity contribution in [1.29, 1.82) is 0 Å². The van der Waals surface area contributed by atoms with Gasteiger partial charge in [-0.05, 0) is 65.8 Å². The zero-order valence-electron chi connectivity index (χ0n) is 17.8. The highest BCUT2D eigenvalue weighted by atomic mass is 19.1. The van der Waals surface area contributed by atoms with E-state index in [0.717, 1.165) is 38.1 Å². The van der Waals surface area contributed by atoms with E-state index in [4.69, 9.17) is 4.74 Å². The normalized spacial score (nSPS) is 28.5. The summed E-state index contributed by atoms with van der Waals surface area (Å²) < 4.78 is 18.9. The number of aromatic nitrogens is 1. The van der Waals surface area contributed by atoms with Gasteiger partial charge in [-0.2, -0.15) is 4.39 Å². The van der Waals surface area contributed by atoms with Crippen molar-refractivity contribution < 1.29 is 19.0 Å². The van der Waals surface area contributed by atoms with Gasteiger partial charge in [-0.15, -0.1) is 0 Å². The number of methoxy groups -OCH3 is 1. The van der Waals surface area contributed by atoms with E-state index >= 15 is 0 Å². The largest absolute Gasteiger partial charge is 0.504 e. The lowest BCUT2D eigenvalue weighted by Gasteiger charge is -2.32. The zero-order chi connectivity index (χ0) is 21.5. The molecule has 6 heteroatoms. The van der Waals surface area contributed by atoms with E-state index in [0.29, 0.717) is 5.92 Å². The molecule has 0 radical (unpaired) electrons. The summed E-state index contributed by atoms with van der Waals surface area (Å²) in [5.74, 6) is -0.248. The molecule has 5 nitrogen and oxygen atoms in total. The molecule has 1 saturated heterocycles. The van der Waals surface area contributed by atoms with Gasteiger partial charge in [0, 0.05) is 13.1 Å². The van der Waals surface area contributed by atoms with Gasteiger partial charge in [0.15, 0.2) is 11.5 Å². The smallest absolute Gasteiger partial charge is 0.255 e. The molecule has 1 N–H and O–H groups in total. The topological polar surface area (TPSA) is 62.7 Å². The van der Waals surface area contributed by atoms with Crippen LogP contribution in [0, 0.1) is 22.7 Å². The van der Waals surface area contributed by atoms with Gasteiger partial charge in [0.1, 0.15) is 11.4 Å². The van der Waals surface area contributed by atoms with Gasteiger partial charge in [0.25, 0.3) is 5.95 Å². The fourth-order valence-corrected chi connectivity index (χ4v) is 5.65. The predicted molar refractivity (Wildman–Crippen MR) is 112 cm³/mol. The van der Waals surface area contributed by atoms with Crippen LogP contribution in [0.4, 0.5) is 4.39 Å². The molecule has 2 unspecified atom stereocenters. The van der Waals surface area contributed by atoms with E-state index in [1.807, 2.05) is 12.1 Å². The van der Waals surface area contributed by atoms with E-state index in [1.165, 1.54) is 17.7 Å². The third kappa shape index (κ3) is 3.81. The van der Waals surface area contributed by atoms with Gasteiger partial charge in [0.05, 0.1) is 13.7 Å². The Bertz CT molecular complexity index is 945. The number of pyridine rings is 1. The molecule has 1 saturated carbocycles. The van der Waals surface area contributed by atoms with E-state index in [-0.39, 0.29) is 28.9 Å². The molecule has 0 bridgehead atoms. The molecule has 4 rings (SSSR count). The second-order valence-electron chi connectivity index (χ2n) is 9.53. The Morgan fingerprint density at radius 1 is 1.23 bits per heavy atom. The van der Waals surface area contributed by atoms with Crippen LogP contribution < -0.4 is 4.74 Å². The maximum absolute atomic E-state index is 13.5. The molecular weight excluding hydrogens is 383 g/mol. The van der Waals surface area contributed by atoms with Crippen LogP contribution in [-0.2, 0) is 6.42 Å². The minimum Gasteiger partial charge on any atom is -0.504 e. The number of halogens is 1. The number of ether oxygens (including phenoxy) is 1. The number of carbonyl (C=O) groups is 1. The number of aromatic hydroxyl groups is 1. The molecule has 160 valence electrons. The molecule has 0 amide bonds. The van der Waals surface area contributed by atoms with E-state index in [2.05, 4.69) is 35.9 Å². The Kier molecular flexibility index (Phi) is 5.30. The number of likely N-dealkylation sites (tertiary alicyclic amines) is 1. The molecule has 0 spiro atoms. The first-order valence-corrected chi connectivity index (χ1v) is 10.5. The number of Topliss-reactive ketones (excluding diaryl/α,β-unsaturated/α-hetero) is 1. The summed E-state index contributed by atoms with van der Waals surface area (Å²) in [4.78, 5) is 18.4. The highest BCUT2D eigenvalue weighted by Gasteiger charge is 2.57. The number of hydrogen-bond acceptors (Lipinski definition) is 5. The molecule has 30 heavy (non-hydrogen) atoms. The molecule has 1 aliphatic heterocycles. The summed E-state index contributed by atoms with van der Waals surface area (Å²) in [6, 6.07) is 10.9. The second-order valence-corrected chi connectivity index (χ2v) is 9.53. The monoisotopic (exact) mass is 412 g/mol. The zero-order valence-corrected chi connectivity index (χ0v) is 17.8. The number of rotatable bonds is 6. The predicted octanol–water partition coefficient (Wildman–Crippen LogP) is 4.10. The van der Waals surface area contributed by atoms with Crippen molar-refractivity contribution in [2.45, 2.75) is 33.1 Å². The summed E-state index contributed by atoms with van der Waals surface area (Å²) in [5.41, 5.74) is 1.65. The maximum Gasteiger partial charge on any atom is 0.255 e. The molecule has 2 fully saturated rings. The Morgan fingerprint density at radius 3 is 2.57 bits per heavy atom. The first kappa shape index (κ1) is 20.8. The van der Waals surface area contributed by atoms with Crippen molar-refractivity contribution in [3.8, 4) is 11.5 Å². The summed E-state index contributed by atoms with van der Waals surface area (Å²) in [7, 11) is 1.69. The summed E-state index contributed by atoms with van der Waals surface area (Å²) in [6.07, 6.45) is 3.28. The van der Waals surface area contributed by atoms with Gasteiger partial charge in [-0.25, -0.2) is 4.98 Å². The van der Waals surface area contributed by atoms with Crippen molar-refractivity contribution in [2.75, 3.05) is 26.7 Å². The minimum absolute atomic E-state index is 0.0635. The average molecular weight is 413 g/mol. The molecule has 1 aliphatic carbocycles. The Labute approximate surface area is 176 Å². The van der Waals surface area contributed by atoms with Crippen molar-refractivity contribution >= 4 is 5.78 Å². The van der Waals surface area contributed by atoms with Crippen LogP contribution >= 0.6 is 0 Å². The van der Waals surface area contributed by atoms with Crippen LogP contribution in [0.3, 0.4) is 0 Å².